The number of carbonyl (C=O) groups excluding carboxylic acids is 1. The predicted molar refractivity (Wildman–Crippen MR) is 76.5 cm³/mol. The van der Waals surface area contributed by atoms with E-state index in [1.807, 2.05) is 11.9 Å². The molecule has 1 amide bonds. The van der Waals surface area contributed by atoms with E-state index < -0.39 is 0 Å². The Labute approximate surface area is 112 Å². The predicted octanol–water partition coefficient (Wildman–Crippen LogP) is 2.66. The van der Waals surface area contributed by atoms with Crippen LogP contribution >= 0.6 is 0 Å². The van der Waals surface area contributed by atoms with E-state index in [0.717, 1.165) is 51.7 Å². The van der Waals surface area contributed by atoms with Crippen molar-refractivity contribution < 1.29 is 4.79 Å². The van der Waals surface area contributed by atoms with Crippen LogP contribution in [0.25, 0.3) is 0 Å². The highest BCUT2D eigenvalue weighted by Crippen LogP contribution is 2.33. The van der Waals surface area contributed by atoms with Gasteiger partial charge in [0.2, 0.25) is 5.91 Å². The first-order chi connectivity index (χ1) is 8.55. The molecule has 18 heavy (non-hydrogen) atoms. The number of rotatable bonds is 6. The van der Waals surface area contributed by atoms with Gasteiger partial charge in [0.15, 0.2) is 0 Å². The molecule has 0 aromatic rings. The summed E-state index contributed by atoms with van der Waals surface area (Å²) in [4.78, 5) is 14.7. The van der Waals surface area contributed by atoms with Gasteiger partial charge in [0.05, 0.1) is 5.41 Å². The van der Waals surface area contributed by atoms with Gasteiger partial charge in [0.25, 0.3) is 0 Å². The van der Waals surface area contributed by atoms with Crippen LogP contribution in [0.3, 0.4) is 0 Å². The largest absolute Gasteiger partial charge is 0.345 e. The molecule has 1 aliphatic heterocycles. The van der Waals surface area contributed by atoms with E-state index >= 15 is 0 Å². The Bertz CT molecular complexity index is 254. The van der Waals surface area contributed by atoms with Crippen molar-refractivity contribution in [3.63, 3.8) is 0 Å². The fourth-order valence-electron chi connectivity index (χ4n) is 3.03. The van der Waals surface area contributed by atoms with Crippen molar-refractivity contribution in [1.29, 1.82) is 0 Å². The highest BCUT2D eigenvalue weighted by Gasteiger charge is 2.40. The third-order valence-electron chi connectivity index (χ3n) is 4.28. The summed E-state index contributed by atoms with van der Waals surface area (Å²) in [5.74, 6) is 0.950. The molecule has 1 aliphatic rings. The lowest BCUT2D eigenvalue weighted by Crippen LogP contribution is -2.51. The number of nitrogens with zero attached hydrogens (tertiary/aromatic N) is 1. The van der Waals surface area contributed by atoms with Crippen LogP contribution in [0.15, 0.2) is 0 Å². The van der Waals surface area contributed by atoms with Crippen molar-refractivity contribution in [1.82, 2.24) is 10.2 Å². The van der Waals surface area contributed by atoms with E-state index in [0.29, 0.717) is 11.8 Å². The molecule has 0 aliphatic carbocycles. The molecule has 0 saturated carbocycles. The van der Waals surface area contributed by atoms with Gasteiger partial charge < -0.3 is 10.2 Å². The Morgan fingerprint density at radius 3 is 2.67 bits per heavy atom. The molecule has 0 spiro atoms. The second-order valence-electron chi connectivity index (χ2n) is 6.01. The summed E-state index contributed by atoms with van der Waals surface area (Å²) >= 11 is 0. The second-order valence-corrected chi connectivity index (χ2v) is 6.01. The highest BCUT2D eigenvalue weighted by molar-refractivity contribution is 5.83. The molecule has 2 unspecified atom stereocenters. The molecule has 1 saturated heterocycles. The van der Waals surface area contributed by atoms with Gasteiger partial charge in [-0.15, -0.1) is 0 Å². The van der Waals surface area contributed by atoms with Crippen molar-refractivity contribution >= 4 is 5.91 Å². The van der Waals surface area contributed by atoms with E-state index in [1.54, 1.807) is 0 Å². The van der Waals surface area contributed by atoms with E-state index in [4.69, 9.17) is 0 Å². The summed E-state index contributed by atoms with van der Waals surface area (Å²) in [7, 11) is 1.97. The van der Waals surface area contributed by atoms with Gasteiger partial charge in [-0.1, -0.05) is 33.6 Å². The van der Waals surface area contributed by atoms with Crippen molar-refractivity contribution in [2.45, 2.75) is 52.9 Å². The zero-order valence-corrected chi connectivity index (χ0v) is 12.6. The van der Waals surface area contributed by atoms with Crippen LogP contribution in [0.2, 0.25) is 0 Å². The van der Waals surface area contributed by atoms with Gasteiger partial charge in [0, 0.05) is 20.1 Å². The number of piperidine rings is 1. The van der Waals surface area contributed by atoms with E-state index in [-0.39, 0.29) is 5.41 Å². The fraction of sp³-hybridized carbons (Fsp3) is 0.933. The van der Waals surface area contributed by atoms with E-state index in [9.17, 15) is 4.79 Å². The number of carbonyl (C=O) groups is 1. The first-order valence-electron chi connectivity index (χ1n) is 7.52. The van der Waals surface area contributed by atoms with Crippen molar-refractivity contribution in [3.05, 3.63) is 0 Å². The van der Waals surface area contributed by atoms with Crippen molar-refractivity contribution in [2.75, 3.05) is 26.7 Å². The van der Waals surface area contributed by atoms with Gasteiger partial charge in [-0.3, -0.25) is 4.79 Å². The summed E-state index contributed by atoms with van der Waals surface area (Å²) < 4.78 is 0. The molecule has 106 valence electrons. The maximum atomic E-state index is 12.7. The Hall–Kier alpha value is -0.570. The van der Waals surface area contributed by atoms with Crippen LogP contribution in [0.5, 0.6) is 0 Å². The molecule has 0 bridgehead atoms. The molecule has 0 radical (unpaired) electrons. The van der Waals surface area contributed by atoms with E-state index in [2.05, 4.69) is 26.1 Å². The highest BCUT2D eigenvalue weighted by atomic mass is 16.2. The quantitative estimate of drug-likeness (QED) is 0.790. The van der Waals surface area contributed by atoms with Crippen molar-refractivity contribution in [2.24, 2.45) is 11.3 Å². The second kappa shape index (κ2) is 7.13. The lowest BCUT2D eigenvalue weighted by molar-refractivity contribution is -0.143. The minimum Gasteiger partial charge on any atom is -0.345 e. The standard InChI is InChI=1S/C15H30N2O/c1-5-8-15(9-7-10-16-12-15)14(18)17(4)11-13(3)6-2/h13,16H,5-12H2,1-4H3. The summed E-state index contributed by atoms with van der Waals surface area (Å²) in [6.45, 7) is 9.40. The monoisotopic (exact) mass is 254 g/mol. The van der Waals surface area contributed by atoms with Gasteiger partial charge in [-0.2, -0.15) is 0 Å². The van der Waals surface area contributed by atoms with Crippen LogP contribution in [-0.2, 0) is 4.79 Å². The van der Waals surface area contributed by atoms with E-state index in [1.165, 1.54) is 0 Å². The van der Waals surface area contributed by atoms with Gasteiger partial charge in [-0.05, 0) is 31.7 Å². The molecule has 3 nitrogen and oxygen atoms in total. The number of nitrogens with one attached hydrogen (secondary N) is 1. The van der Waals surface area contributed by atoms with Crippen LogP contribution in [0, 0.1) is 11.3 Å². The normalized spacial score (nSPS) is 25.8. The summed E-state index contributed by atoms with van der Waals surface area (Å²) in [5, 5.41) is 3.42. The van der Waals surface area contributed by atoms with Crippen LogP contribution in [-0.4, -0.2) is 37.5 Å². The smallest absolute Gasteiger partial charge is 0.229 e. The molecule has 0 aromatic heterocycles. The average molecular weight is 254 g/mol. The summed E-state index contributed by atoms with van der Waals surface area (Å²) in [5.41, 5.74) is -0.130. The summed E-state index contributed by atoms with van der Waals surface area (Å²) in [6, 6.07) is 0. The molecule has 3 heteroatoms. The van der Waals surface area contributed by atoms with Gasteiger partial charge >= 0.3 is 0 Å². The average Bonchev–Trinajstić information content (AvgIpc) is 2.39. The van der Waals surface area contributed by atoms with Gasteiger partial charge in [-0.25, -0.2) is 0 Å². The number of hydrogen-bond donors (Lipinski definition) is 1. The topological polar surface area (TPSA) is 32.3 Å². The zero-order valence-electron chi connectivity index (χ0n) is 12.6. The Morgan fingerprint density at radius 2 is 2.17 bits per heavy atom. The maximum Gasteiger partial charge on any atom is 0.229 e. The molecule has 1 N–H and O–H groups in total. The molecule has 0 aromatic carbocycles. The third kappa shape index (κ3) is 3.71. The Kier molecular flexibility index (Phi) is 6.13. The lowest BCUT2D eigenvalue weighted by atomic mass is 9.75. The first kappa shape index (κ1) is 15.5. The first-order valence-corrected chi connectivity index (χ1v) is 7.52. The molecular weight excluding hydrogens is 224 g/mol. The molecule has 1 rings (SSSR count). The molecule has 2 atom stereocenters. The van der Waals surface area contributed by atoms with Crippen LogP contribution < -0.4 is 5.32 Å². The third-order valence-corrected chi connectivity index (χ3v) is 4.28. The minimum absolute atomic E-state index is 0.130. The molecule has 1 fully saturated rings. The number of hydrogen-bond acceptors (Lipinski definition) is 2. The molecular formula is C15H30N2O. The Morgan fingerprint density at radius 1 is 1.44 bits per heavy atom. The molecule has 1 heterocycles. The van der Waals surface area contributed by atoms with Crippen molar-refractivity contribution in [3.8, 4) is 0 Å². The van der Waals surface area contributed by atoms with Crippen LogP contribution in [0.1, 0.15) is 52.9 Å². The maximum absolute atomic E-state index is 12.7. The Balaban J connectivity index is 2.69. The van der Waals surface area contributed by atoms with Crippen LogP contribution in [0.4, 0.5) is 0 Å². The lowest BCUT2D eigenvalue weighted by Gasteiger charge is -2.39. The number of amides is 1. The SMILES string of the molecule is CCCC1(C(=O)N(C)CC(C)CC)CCCNC1. The minimum atomic E-state index is -0.130. The summed E-state index contributed by atoms with van der Waals surface area (Å²) in [6.07, 6.45) is 5.42. The zero-order chi connectivity index (χ0) is 13.6. The fourth-order valence-corrected chi connectivity index (χ4v) is 3.03. The van der Waals surface area contributed by atoms with Gasteiger partial charge in [0.1, 0.15) is 0 Å².